The molecule has 8 nitrogen and oxygen atoms in total. The fourth-order valence-electron chi connectivity index (χ4n) is 3.48. The van der Waals surface area contributed by atoms with Gasteiger partial charge in [-0.2, -0.15) is 4.98 Å². The summed E-state index contributed by atoms with van der Waals surface area (Å²) in [5, 5.41) is 10.4. The van der Waals surface area contributed by atoms with Crippen molar-refractivity contribution < 1.29 is 9.32 Å². The van der Waals surface area contributed by atoms with Crippen molar-refractivity contribution in [2.75, 3.05) is 5.32 Å². The number of anilines is 1. The number of benzene rings is 1. The molecule has 144 valence electrons. The number of nitrogens with one attached hydrogen (secondary N) is 2. The van der Waals surface area contributed by atoms with E-state index in [2.05, 4.69) is 30.7 Å². The van der Waals surface area contributed by atoms with E-state index in [0.29, 0.717) is 22.8 Å². The summed E-state index contributed by atoms with van der Waals surface area (Å²) in [4.78, 5) is 25.9. The van der Waals surface area contributed by atoms with Gasteiger partial charge in [-0.3, -0.25) is 9.78 Å². The van der Waals surface area contributed by atoms with Gasteiger partial charge in [0, 0.05) is 12.1 Å². The minimum atomic E-state index is -0.153. The zero-order valence-corrected chi connectivity index (χ0v) is 15.8. The fraction of sp³-hybridized carbons (Fsp3) is 0.350. The van der Waals surface area contributed by atoms with Crippen LogP contribution >= 0.6 is 0 Å². The van der Waals surface area contributed by atoms with Crippen LogP contribution in [-0.2, 0) is 0 Å². The average Bonchev–Trinajstić information content (AvgIpc) is 3.32. The second kappa shape index (κ2) is 7.75. The zero-order valence-electron chi connectivity index (χ0n) is 15.8. The van der Waals surface area contributed by atoms with Crippen molar-refractivity contribution in [1.82, 2.24) is 25.4 Å². The van der Waals surface area contributed by atoms with Crippen molar-refractivity contribution in [3.05, 3.63) is 53.7 Å². The number of aromatic nitrogens is 4. The Morgan fingerprint density at radius 3 is 2.68 bits per heavy atom. The van der Waals surface area contributed by atoms with Gasteiger partial charge >= 0.3 is 0 Å². The maximum absolute atomic E-state index is 13.0. The van der Waals surface area contributed by atoms with Crippen molar-refractivity contribution in [2.45, 2.75) is 45.2 Å². The van der Waals surface area contributed by atoms with Gasteiger partial charge in [-0.25, -0.2) is 4.98 Å². The largest absolute Gasteiger partial charge is 0.364 e. The monoisotopic (exact) mass is 378 g/mol. The Labute approximate surface area is 162 Å². The molecular formula is C20H22N6O2. The molecule has 0 spiro atoms. The van der Waals surface area contributed by atoms with Gasteiger partial charge in [-0.05, 0) is 45.2 Å². The Morgan fingerprint density at radius 1 is 1.11 bits per heavy atom. The van der Waals surface area contributed by atoms with Gasteiger partial charge in [0.05, 0.1) is 29.2 Å². The maximum Gasteiger partial charge on any atom is 0.258 e. The van der Waals surface area contributed by atoms with Crippen LogP contribution in [0.1, 0.15) is 41.1 Å². The lowest BCUT2D eigenvalue weighted by Gasteiger charge is -2.23. The van der Waals surface area contributed by atoms with Crippen LogP contribution in [0.2, 0.25) is 0 Å². The molecule has 1 aliphatic rings. The van der Waals surface area contributed by atoms with Gasteiger partial charge in [0.2, 0.25) is 0 Å². The molecule has 28 heavy (non-hydrogen) atoms. The lowest BCUT2D eigenvalue weighted by atomic mass is 10.1. The van der Waals surface area contributed by atoms with E-state index >= 15 is 0 Å². The Kier molecular flexibility index (Phi) is 5.01. The second-order valence-corrected chi connectivity index (χ2v) is 7.00. The van der Waals surface area contributed by atoms with Crippen LogP contribution in [0, 0.1) is 13.8 Å². The van der Waals surface area contributed by atoms with Crippen LogP contribution in [0.25, 0.3) is 11.5 Å². The SMILES string of the molecule is Cc1cnc(N[C@H]2CCC[C@@H]2NC(=O)c2ccccc2-c2nc(C)no2)cn1. The quantitative estimate of drug-likeness (QED) is 0.703. The zero-order chi connectivity index (χ0) is 19.5. The molecule has 1 amide bonds. The third kappa shape index (κ3) is 3.85. The molecule has 2 N–H and O–H groups in total. The number of rotatable bonds is 5. The number of carbonyl (C=O) groups excluding carboxylic acids is 1. The second-order valence-electron chi connectivity index (χ2n) is 7.00. The first-order chi connectivity index (χ1) is 13.6. The van der Waals surface area contributed by atoms with E-state index in [1.54, 1.807) is 25.4 Å². The molecule has 0 saturated heterocycles. The fourth-order valence-corrected chi connectivity index (χ4v) is 3.48. The standard InChI is InChI=1S/C20H22N6O2/c1-12-10-22-18(11-21-12)24-16-8-5-9-17(16)25-19(27)14-6-3-4-7-15(14)20-23-13(2)26-28-20/h3-4,6-7,10-11,16-17H,5,8-9H2,1-2H3,(H,22,24)(H,25,27)/t16-,17-/m0/s1. The maximum atomic E-state index is 13.0. The van der Waals surface area contributed by atoms with Crippen LogP contribution in [-0.4, -0.2) is 38.1 Å². The minimum Gasteiger partial charge on any atom is -0.364 e. The molecule has 0 unspecified atom stereocenters. The molecule has 2 atom stereocenters. The summed E-state index contributed by atoms with van der Waals surface area (Å²) in [5.41, 5.74) is 2.02. The summed E-state index contributed by atoms with van der Waals surface area (Å²) in [6.07, 6.45) is 6.36. The Hall–Kier alpha value is -3.29. The van der Waals surface area contributed by atoms with E-state index in [4.69, 9.17) is 4.52 Å². The van der Waals surface area contributed by atoms with Crippen molar-refractivity contribution in [3.8, 4) is 11.5 Å². The molecule has 2 heterocycles. The predicted octanol–water partition coefficient (Wildman–Crippen LogP) is 2.91. The van der Waals surface area contributed by atoms with E-state index in [-0.39, 0.29) is 18.0 Å². The van der Waals surface area contributed by atoms with Crippen molar-refractivity contribution in [1.29, 1.82) is 0 Å². The molecule has 8 heteroatoms. The van der Waals surface area contributed by atoms with Crippen molar-refractivity contribution in [3.63, 3.8) is 0 Å². The third-order valence-corrected chi connectivity index (χ3v) is 4.88. The summed E-state index contributed by atoms with van der Waals surface area (Å²) >= 11 is 0. The molecule has 1 fully saturated rings. The Balaban J connectivity index is 1.49. The van der Waals surface area contributed by atoms with Crippen LogP contribution < -0.4 is 10.6 Å². The minimum absolute atomic E-state index is 0.00748. The Morgan fingerprint density at radius 2 is 1.93 bits per heavy atom. The van der Waals surface area contributed by atoms with Crippen LogP contribution in [0.3, 0.4) is 0 Å². The molecule has 3 aromatic rings. The molecule has 1 aromatic carbocycles. The van der Waals surface area contributed by atoms with E-state index in [0.717, 1.165) is 30.8 Å². The molecule has 0 radical (unpaired) electrons. The topological polar surface area (TPSA) is 106 Å². The highest BCUT2D eigenvalue weighted by Crippen LogP contribution is 2.25. The average molecular weight is 378 g/mol. The molecule has 1 saturated carbocycles. The van der Waals surface area contributed by atoms with Crippen molar-refractivity contribution in [2.24, 2.45) is 0 Å². The third-order valence-electron chi connectivity index (χ3n) is 4.88. The summed E-state index contributed by atoms with van der Waals surface area (Å²) in [5.74, 6) is 1.45. The molecule has 0 aliphatic heterocycles. The van der Waals surface area contributed by atoms with E-state index in [1.807, 2.05) is 25.1 Å². The summed E-state index contributed by atoms with van der Waals surface area (Å²) in [6.45, 7) is 3.65. The van der Waals surface area contributed by atoms with Crippen LogP contribution in [0.5, 0.6) is 0 Å². The molecular weight excluding hydrogens is 356 g/mol. The van der Waals surface area contributed by atoms with Gasteiger partial charge in [0.15, 0.2) is 5.82 Å². The molecule has 1 aliphatic carbocycles. The number of aryl methyl sites for hydroxylation is 2. The van der Waals surface area contributed by atoms with Gasteiger partial charge in [-0.1, -0.05) is 17.3 Å². The van der Waals surface area contributed by atoms with Crippen molar-refractivity contribution >= 4 is 11.7 Å². The van der Waals surface area contributed by atoms with Crippen LogP contribution in [0.15, 0.2) is 41.2 Å². The molecule has 0 bridgehead atoms. The molecule has 2 aromatic heterocycles. The lowest BCUT2D eigenvalue weighted by Crippen LogP contribution is -2.43. The van der Waals surface area contributed by atoms with E-state index < -0.39 is 0 Å². The van der Waals surface area contributed by atoms with Gasteiger partial charge in [-0.15, -0.1) is 0 Å². The summed E-state index contributed by atoms with van der Waals surface area (Å²) < 4.78 is 5.25. The number of nitrogens with zero attached hydrogens (tertiary/aromatic N) is 4. The predicted molar refractivity (Wildman–Crippen MR) is 104 cm³/mol. The molecule has 4 rings (SSSR count). The highest BCUT2D eigenvalue weighted by molar-refractivity contribution is 6.00. The number of carbonyl (C=O) groups is 1. The van der Waals surface area contributed by atoms with E-state index in [9.17, 15) is 4.79 Å². The number of amides is 1. The first-order valence-electron chi connectivity index (χ1n) is 9.36. The van der Waals surface area contributed by atoms with Gasteiger partial charge in [0.25, 0.3) is 11.8 Å². The van der Waals surface area contributed by atoms with Gasteiger partial charge < -0.3 is 15.2 Å². The van der Waals surface area contributed by atoms with Crippen LogP contribution in [0.4, 0.5) is 5.82 Å². The lowest BCUT2D eigenvalue weighted by molar-refractivity contribution is 0.0936. The van der Waals surface area contributed by atoms with Gasteiger partial charge in [0.1, 0.15) is 5.82 Å². The highest BCUT2D eigenvalue weighted by atomic mass is 16.5. The summed E-state index contributed by atoms with van der Waals surface area (Å²) in [7, 11) is 0. The number of hydrogen-bond acceptors (Lipinski definition) is 7. The smallest absolute Gasteiger partial charge is 0.258 e. The Bertz CT molecular complexity index is 969. The summed E-state index contributed by atoms with van der Waals surface area (Å²) in [6, 6.07) is 7.38. The van der Waals surface area contributed by atoms with E-state index in [1.165, 1.54) is 0 Å². The number of hydrogen-bond donors (Lipinski definition) is 2. The normalized spacial score (nSPS) is 18.8. The first-order valence-corrected chi connectivity index (χ1v) is 9.36. The first kappa shape index (κ1) is 18.1. The highest BCUT2D eigenvalue weighted by Gasteiger charge is 2.30.